The van der Waals surface area contributed by atoms with Crippen molar-refractivity contribution in [2.45, 2.75) is 59.2 Å². The molecule has 3 aromatic carbocycles. The molecule has 5 aromatic rings. The van der Waals surface area contributed by atoms with E-state index in [4.69, 9.17) is 4.98 Å². The molecule has 200 valence electrons. The SMILES string of the molecule is CCCCN(Cc1ccc(-c2cncs2)cc1)Cc1c(-c2ccccc2)nc(-c2ccccc2)n1CCCC. The van der Waals surface area contributed by atoms with E-state index < -0.39 is 0 Å². The van der Waals surface area contributed by atoms with Gasteiger partial charge in [-0.1, -0.05) is 112 Å². The van der Waals surface area contributed by atoms with E-state index in [2.05, 4.69) is 113 Å². The number of thiazole rings is 1. The Morgan fingerprint density at radius 1 is 0.744 bits per heavy atom. The van der Waals surface area contributed by atoms with E-state index in [-0.39, 0.29) is 0 Å². The Hall–Kier alpha value is -3.54. The third-order valence-corrected chi connectivity index (χ3v) is 7.99. The van der Waals surface area contributed by atoms with Crippen molar-refractivity contribution in [2.24, 2.45) is 0 Å². The van der Waals surface area contributed by atoms with Gasteiger partial charge in [-0.15, -0.1) is 11.3 Å². The molecule has 0 aliphatic heterocycles. The fourth-order valence-corrected chi connectivity index (χ4v) is 5.67. The van der Waals surface area contributed by atoms with Gasteiger partial charge in [-0.25, -0.2) is 4.98 Å². The van der Waals surface area contributed by atoms with Gasteiger partial charge in [-0.2, -0.15) is 0 Å². The van der Waals surface area contributed by atoms with Crippen LogP contribution in [-0.2, 0) is 19.6 Å². The van der Waals surface area contributed by atoms with Crippen LogP contribution in [0.2, 0.25) is 0 Å². The Kier molecular flexibility index (Phi) is 9.36. The maximum Gasteiger partial charge on any atom is 0.140 e. The number of aromatic nitrogens is 3. The average Bonchev–Trinajstić information content (AvgIpc) is 3.65. The van der Waals surface area contributed by atoms with Crippen LogP contribution in [0.4, 0.5) is 0 Å². The van der Waals surface area contributed by atoms with Gasteiger partial charge in [0, 0.05) is 37.0 Å². The van der Waals surface area contributed by atoms with Crippen LogP contribution in [0.1, 0.15) is 50.8 Å². The highest BCUT2D eigenvalue weighted by Crippen LogP contribution is 2.32. The maximum absolute atomic E-state index is 5.32. The minimum absolute atomic E-state index is 0.865. The predicted octanol–water partition coefficient (Wildman–Crippen LogP) is 8.94. The van der Waals surface area contributed by atoms with Crippen LogP contribution < -0.4 is 0 Å². The third kappa shape index (κ3) is 6.73. The van der Waals surface area contributed by atoms with Crippen LogP contribution in [0.25, 0.3) is 33.1 Å². The molecule has 2 aromatic heterocycles. The van der Waals surface area contributed by atoms with Gasteiger partial charge in [0.15, 0.2) is 0 Å². The van der Waals surface area contributed by atoms with Crippen molar-refractivity contribution in [2.75, 3.05) is 6.54 Å². The summed E-state index contributed by atoms with van der Waals surface area (Å²) in [6.45, 7) is 8.35. The molecule has 0 atom stereocenters. The quantitative estimate of drug-likeness (QED) is 0.151. The summed E-state index contributed by atoms with van der Waals surface area (Å²) < 4.78 is 2.49. The first-order chi connectivity index (χ1) is 19.3. The van der Waals surface area contributed by atoms with Gasteiger partial charge in [-0.3, -0.25) is 9.88 Å². The van der Waals surface area contributed by atoms with Gasteiger partial charge in [0.1, 0.15) is 5.82 Å². The summed E-state index contributed by atoms with van der Waals surface area (Å²) in [5, 5.41) is 0. The number of hydrogen-bond acceptors (Lipinski definition) is 4. The Balaban J connectivity index is 1.51. The van der Waals surface area contributed by atoms with Crippen LogP contribution in [0.15, 0.2) is 96.6 Å². The lowest BCUT2D eigenvalue weighted by molar-refractivity contribution is 0.246. The molecule has 0 amide bonds. The summed E-state index contributed by atoms with van der Waals surface area (Å²) in [7, 11) is 0. The Morgan fingerprint density at radius 3 is 2.08 bits per heavy atom. The number of unbranched alkanes of at least 4 members (excludes halogenated alkanes) is 2. The molecule has 0 unspecified atom stereocenters. The molecule has 39 heavy (non-hydrogen) atoms. The molecule has 0 N–H and O–H groups in total. The van der Waals surface area contributed by atoms with Gasteiger partial charge >= 0.3 is 0 Å². The first-order valence-corrected chi connectivity index (χ1v) is 15.0. The van der Waals surface area contributed by atoms with Crippen molar-refractivity contribution in [1.82, 2.24) is 19.4 Å². The second-order valence-corrected chi connectivity index (χ2v) is 11.0. The molecule has 0 saturated heterocycles. The Morgan fingerprint density at radius 2 is 1.44 bits per heavy atom. The number of imidazole rings is 1. The molecule has 4 nitrogen and oxygen atoms in total. The monoisotopic (exact) mass is 534 g/mol. The molecule has 0 aliphatic carbocycles. The molecule has 0 saturated carbocycles. The fraction of sp³-hybridized carbons (Fsp3) is 0.294. The molecule has 5 heteroatoms. The van der Waals surface area contributed by atoms with Crippen molar-refractivity contribution in [1.29, 1.82) is 0 Å². The first kappa shape index (κ1) is 27.0. The van der Waals surface area contributed by atoms with E-state index in [0.29, 0.717) is 0 Å². The van der Waals surface area contributed by atoms with Crippen LogP contribution in [0, 0.1) is 0 Å². The van der Waals surface area contributed by atoms with E-state index in [9.17, 15) is 0 Å². The molecule has 0 bridgehead atoms. The molecular formula is C34H38N4S. The second kappa shape index (κ2) is 13.5. The van der Waals surface area contributed by atoms with Gasteiger partial charge in [0.25, 0.3) is 0 Å². The van der Waals surface area contributed by atoms with E-state index in [0.717, 1.165) is 50.5 Å². The predicted molar refractivity (Wildman–Crippen MR) is 165 cm³/mol. The van der Waals surface area contributed by atoms with Gasteiger partial charge in [-0.05, 0) is 30.5 Å². The maximum atomic E-state index is 5.32. The number of hydrogen-bond donors (Lipinski definition) is 0. The lowest BCUT2D eigenvalue weighted by atomic mass is 10.1. The first-order valence-electron chi connectivity index (χ1n) is 14.2. The van der Waals surface area contributed by atoms with E-state index in [1.54, 1.807) is 11.3 Å². The van der Waals surface area contributed by atoms with Crippen molar-refractivity contribution < 1.29 is 0 Å². The summed E-state index contributed by atoms with van der Waals surface area (Å²) in [5.41, 5.74) is 9.24. The molecule has 0 radical (unpaired) electrons. The van der Waals surface area contributed by atoms with Crippen LogP contribution in [0.5, 0.6) is 0 Å². The lowest BCUT2D eigenvalue weighted by Crippen LogP contribution is -2.26. The largest absolute Gasteiger partial charge is 0.326 e. The zero-order valence-corrected chi connectivity index (χ0v) is 23.9. The molecular weight excluding hydrogens is 496 g/mol. The normalized spacial score (nSPS) is 11.4. The highest BCUT2D eigenvalue weighted by molar-refractivity contribution is 7.13. The summed E-state index contributed by atoms with van der Waals surface area (Å²) in [4.78, 5) is 13.4. The summed E-state index contributed by atoms with van der Waals surface area (Å²) in [5.74, 6) is 1.07. The minimum atomic E-state index is 0.865. The highest BCUT2D eigenvalue weighted by atomic mass is 32.1. The van der Waals surface area contributed by atoms with E-state index in [1.807, 2.05) is 11.7 Å². The average molecular weight is 535 g/mol. The number of nitrogens with zero attached hydrogens (tertiary/aromatic N) is 4. The minimum Gasteiger partial charge on any atom is -0.326 e. The molecule has 0 fully saturated rings. The van der Waals surface area contributed by atoms with Gasteiger partial charge in [0.05, 0.1) is 21.8 Å². The van der Waals surface area contributed by atoms with Crippen LogP contribution >= 0.6 is 11.3 Å². The van der Waals surface area contributed by atoms with Crippen molar-refractivity contribution in [3.05, 3.63) is 108 Å². The standard InChI is InChI=1S/C34H38N4S/c1-3-5-21-37(24-27-17-19-28(20-18-27)32-23-35-26-39-32)25-31-33(29-13-9-7-10-14-29)36-34(38(31)22-6-4-2)30-15-11-8-12-16-30/h7-20,23,26H,3-6,21-22,24-25H2,1-2H3. The Labute approximate surface area is 237 Å². The molecule has 0 aliphatic rings. The molecule has 5 rings (SSSR count). The highest BCUT2D eigenvalue weighted by Gasteiger charge is 2.21. The summed E-state index contributed by atoms with van der Waals surface area (Å²) in [6, 6.07) is 30.4. The van der Waals surface area contributed by atoms with Crippen LogP contribution in [0.3, 0.4) is 0 Å². The third-order valence-electron chi connectivity index (χ3n) is 7.17. The molecule has 2 heterocycles. The lowest BCUT2D eigenvalue weighted by Gasteiger charge is -2.24. The smallest absolute Gasteiger partial charge is 0.140 e. The zero-order chi connectivity index (χ0) is 26.9. The Bertz CT molecular complexity index is 1410. The summed E-state index contributed by atoms with van der Waals surface area (Å²) in [6.07, 6.45) is 6.58. The summed E-state index contributed by atoms with van der Waals surface area (Å²) >= 11 is 1.69. The van der Waals surface area contributed by atoms with Gasteiger partial charge < -0.3 is 4.57 Å². The van der Waals surface area contributed by atoms with Crippen LogP contribution in [-0.4, -0.2) is 26.0 Å². The van der Waals surface area contributed by atoms with Crippen molar-refractivity contribution in [3.63, 3.8) is 0 Å². The number of benzene rings is 3. The second-order valence-electron chi connectivity index (χ2n) is 10.1. The van der Waals surface area contributed by atoms with E-state index >= 15 is 0 Å². The van der Waals surface area contributed by atoms with Crippen molar-refractivity contribution in [3.8, 4) is 33.1 Å². The fourth-order valence-electron chi connectivity index (χ4n) is 5.04. The van der Waals surface area contributed by atoms with Gasteiger partial charge in [0.2, 0.25) is 0 Å². The topological polar surface area (TPSA) is 34.0 Å². The molecule has 0 spiro atoms. The zero-order valence-electron chi connectivity index (χ0n) is 23.1. The number of rotatable bonds is 13. The van der Waals surface area contributed by atoms with Crippen molar-refractivity contribution >= 4 is 11.3 Å². The van der Waals surface area contributed by atoms with E-state index in [1.165, 1.54) is 45.7 Å².